The third-order valence-corrected chi connectivity index (χ3v) is 2.40. The molecule has 1 aliphatic heterocycles. The van der Waals surface area contributed by atoms with Crippen LogP contribution >= 0.6 is 0 Å². The summed E-state index contributed by atoms with van der Waals surface area (Å²) >= 11 is 0. The largest absolute Gasteiger partial charge is 0.491 e. The van der Waals surface area contributed by atoms with Crippen molar-refractivity contribution < 1.29 is 4.74 Å². The molecule has 2 rings (SSSR count). The molecule has 0 saturated carbocycles. The van der Waals surface area contributed by atoms with E-state index in [1.807, 2.05) is 18.2 Å². The molecule has 1 atom stereocenters. The Labute approximate surface area is 69.1 Å². The monoisotopic (exact) mass is 162 g/mol. The van der Waals surface area contributed by atoms with E-state index in [0.29, 0.717) is 5.73 Å². The van der Waals surface area contributed by atoms with E-state index < -0.39 is 0 Å². The Morgan fingerprint density at radius 1 is 1.27 bits per heavy atom. The van der Waals surface area contributed by atoms with Gasteiger partial charge >= 0.3 is 0 Å². The predicted molar refractivity (Wildman–Crippen MR) is 49.8 cm³/mol. The van der Waals surface area contributed by atoms with Gasteiger partial charge in [0.1, 0.15) is 5.75 Å². The summed E-state index contributed by atoms with van der Waals surface area (Å²) in [6, 6.07) is 8.12. The lowest BCUT2D eigenvalue weighted by molar-refractivity contribution is 0.321. The molecule has 1 unspecified atom stereocenters. The Kier molecular flexibility index (Phi) is 1.54. The Balaban J connectivity index is 2.46. The van der Waals surface area contributed by atoms with Gasteiger partial charge in [0, 0.05) is 5.56 Å². The van der Waals surface area contributed by atoms with Crippen LogP contribution in [0.1, 0.15) is 5.56 Å². The summed E-state index contributed by atoms with van der Waals surface area (Å²) in [5.74, 6) is 1.02. The van der Waals surface area contributed by atoms with Crippen LogP contribution < -0.4 is 4.74 Å². The highest BCUT2D eigenvalue weighted by Crippen LogP contribution is 2.23. The van der Waals surface area contributed by atoms with E-state index in [9.17, 15) is 0 Å². The van der Waals surface area contributed by atoms with E-state index in [1.54, 1.807) is 0 Å². The second kappa shape index (κ2) is 2.55. The van der Waals surface area contributed by atoms with E-state index in [0.717, 1.165) is 16.0 Å². The normalized spacial score (nSPS) is 20.9. The molecule has 1 aliphatic rings. The fourth-order valence-electron chi connectivity index (χ4n) is 1.20. The summed E-state index contributed by atoms with van der Waals surface area (Å²) in [6.45, 7) is 0. The Hall–Kier alpha value is -1.02. The van der Waals surface area contributed by atoms with E-state index >= 15 is 0 Å². The van der Waals surface area contributed by atoms with Crippen molar-refractivity contribution in [1.29, 1.82) is 0 Å². The number of ether oxygens (including phenoxy) is 1. The first-order valence-corrected chi connectivity index (χ1v) is 4.95. The molecule has 11 heavy (non-hydrogen) atoms. The molecule has 0 aromatic heterocycles. The molecule has 0 saturated heterocycles. The van der Waals surface area contributed by atoms with E-state index in [2.05, 4.69) is 18.2 Å². The van der Waals surface area contributed by atoms with Gasteiger partial charge in [0.2, 0.25) is 0 Å². The zero-order valence-corrected chi connectivity index (χ0v) is 8.45. The quantitative estimate of drug-likeness (QED) is 0.512. The van der Waals surface area contributed by atoms with Gasteiger partial charge in [0.05, 0.1) is 16.0 Å². The van der Waals surface area contributed by atoms with Crippen molar-refractivity contribution in [1.82, 2.24) is 0 Å². The highest BCUT2D eigenvalue weighted by Gasteiger charge is 2.07. The summed E-state index contributed by atoms with van der Waals surface area (Å²) in [7, 11) is 1.06. The third kappa shape index (κ3) is 1.21. The van der Waals surface area contributed by atoms with Gasteiger partial charge in [-0.15, -0.1) is 0 Å². The molecule has 1 aromatic rings. The second-order valence-corrected chi connectivity index (χ2v) is 3.86. The van der Waals surface area contributed by atoms with Crippen molar-refractivity contribution in [3.63, 3.8) is 0 Å². The molecule has 0 aliphatic carbocycles. The fraction of sp³-hybridized carbons (Fsp3) is 0.111. The van der Waals surface area contributed by atoms with Crippen LogP contribution in [0.3, 0.4) is 0 Å². The average molecular weight is 162 g/mol. The molecule has 1 heterocycles. The van der Waals surface area contributed by atoms with Gasteiger partial charge < -0.3 is 4.74 Å². The lowest BCUT2D eigenvalue weighted by Crippen LogP contribution is -2.15. The molecule has 0 radical (unpaired) electrons. The molecule has 0 spiro atoms. The van der Waals surface area contributed by atoms with Crippen LogP contribution in [-0.2, 0) is 0 Å². The fourth-order valence-corrected chi connectivity index (χ4v) is 1.65. The van der Waals surface area contributed by atoms with Crippen LogP contribution in [0.15, 0.2) is 30.3 Å². The zero-order valence-electron chi connectivity index (χ0n) is 6.45. The Morgan fingerprint density at radius 3 is 3.00 bits per heavy atom. The molecule has 0 amide bonds. The number of hydrogen-bond donors (Lipinski definition) is 0. The minimum Gasteiger partial charge on any atom is -0.491 e. The lowest BCUT2D eigenvalue weighted by Gasteiger charge is -2.17. The van der Waals surface area contributed by atoms with Crippen molar-refractivity contribution in [2.45, 2.75) is 5.73 Å². The molecule has 0 fully saturated rings. The highest BCUT2D eigenvalue weighted by molar-refractivity contribution is 6.13. The SMILES string of the molecule is [SiH3]C1C=Cc2ccccc2O1. The van der Waals surface area contributed by atoms with Gasteiger partial charge in [0.15, 0.2) is 0 Å². The molecule has 2 heteroatoms. The van der Waals surface area contributed by atoms with Crippen LogP contribution in [0.2, 0.25) is 0 Å². The minimum absolute atomic E-state index is 0.352. The van der Waals surface area contributed by atoms with Crippen LogP contribution in [0.4, 0.5) is 0 Å². The van der Waals surface area contributed by atoms with E-state index in [1.165, 1.54) is 5.56 Å². The molecule has 56 valence electrons. The molecule has 1 nitrogen and oxygen atoms in total. The predicted octanol–water partition coefficient (Wildman–Crippen LogP) is 0.784. The van der Waals surface area contributed by atoms with Gasteiger partial charge in [-0.1, -0.05) is 24.3 Å². The maximum atomic E-state index is 5.61. The topological polar surface area (TPSA) is 9.23 Å². The first-order chi connectivity index (χ1) is 5.36. The summed E-state index contributed by atoms with van der Waals surface area (Å²) in [6.07, 6.45) is 4.26. The first-order valence-electron chi connectivity index (χ1n) is 3.80. The molecule has 0 bridgehead atoms. The number of fused-ring (bicyclic) bond motifs is 1. The van der Waals surface area contributed by atoms with Crippen LogP contribution in [0.5, 0.6) is 5.75 Å². The number of para-hydroxylation sites is 1. The average Bonchev–Trinajstić information content (AvgIpc) is 2.04. The molecule has 1 aromatic carbocycles. The Bertz CT molecular complexity index is 293. The third-order valence-electron chi connectivity index (χ3n) is 1.78. The summed E-state index contributed by atoms with van der Waals surface area (Å²) < 4.78 is 5.61. The molecular weight excluding hydrogens is 152 g/mol. The van der Waals surface area contributed by atoms with Gasteiger partial charge in [-0.3, -0.25) is 0 Å². The smallest absolute Gasteiger partial charge is 0.126 e. The van der Waals surface area contributed by atoms with Gasteiger partial charge in [-0.2, -0.15) is 0 Å². The lowest BCUT2D eigenvalue weighted by atomic mass is 10.1. The summed E-state index contributed by atoms with van der Waals surface area (Å²) in [5.41, 5.74) is 1.55. The summed E-state index contributed by atoms with van der Waals surface area (Å²) in [5, 5.41) is 0. The number of rotatable bonds is 0. The van der Waals surface area contributed by atoms with Crippen LogP contribution in [0.25, 0.3) is 6.08 Å². The van der Waals surface area contributed by atoms with Crippen molar-refractivity contribution in [3.8, 4) is 5.75 Å². The summed E-state index contributed by atoms with van der Waals surface area (Å²) in [4.78, 5) is 0. The molecule has 0 N–H and O–H groups in total. The minimum atomic E-state index is 0.352. The zero-order chi connectivity index (χ0) is 7.68. The Morgan fingerprint density at radius 2 is 2.09 bits per heavy atom. The standard InChI is InChI=1S/C9H10OSi/c11-9-6-5-7-3-1-2-4-8(7)10-9/h1-6,9H,11H3. The highest BCUT2D eigenvalue weighted by atomic mass is 28.1. The maximum absolute atomic E-state index is 5.61. The van der Waals surface area contributed by atoms with Crippen molar-refractivity contribution >= 4 is 16.3 Å². The van der Waals surface area contributed by atoms with Crippen LogP contribution in [0, 0.1) is 0 Å². The van der Waals surface area contributed by atoms with Crippen LogP contribution in [-0.4, -0.2) is 16.0 Å². The first kappa shape index (κ1) is 6.67. The van der Waals surface area contributed by atoms with Gasteiger partial charge in [-0.25, -0.2) is 0 Å². The number of hydrogen-bond acceptors (Lipinski definition) is 1. The van der Waals surface area contributed by atoms with Gasteiger partial charge in [-0.05, 0) is 12.1 Å². The van der Waals surface area contributed by atoms with E-state index in [-0.39, 0.29) is 0 Å². The van der Waals surface area contributed by atoms with Crippen molar-refractivity contribution in [3.05, 3.63) is 35.9 Å². The van der Waals surface area contributed by atoms with Crippen molar-refractivity contribution in [2.75, 3.05) is 0 Å². The van der Waals surface area contributed by atoms with Gasteiger partial charge in [0.25, 0.3) is 0 Å². The maximum Gasteiger partial charge on any atom is 0.126 e. The molecular formula is C9H10OSi. The second-order valence-electron chi connectivity index (χ2n) is 2.72. The van der Waals surface area contributed by atoms with Crippen molar-refractivity contribution in [2.24, 2.45) is 0 Å². The van der Waals surface area contributed by atoms with E-state index in [4.69, 9.17) is 4.74 Å². The number of benzene rings is 1.